The summed E-state index contributed by atoms with van der Waals surface area (Å²) in [7, 11) is 0. The highest BCUT2D eigenvalue weighted by Crippen LogP contribution is 2.40. The van der Waals surface area contributed by atoms with Gasteiger partial charge in [0.25, 0.3) is 0 Å². The minimum absolute atomic E-state index is 0.155. The summed E-state index contributed by atoms with van der Waals surface area (Å²) in [4.78, 5) is 12.7. The fourth-order valence-electron chi connectivity index (χ4n) is 3.42. The molecule has 5 rings (SSSR count). The SMILES string of the molecule is Cc1ccc(-c2nnc(SCC(=O)Nc3cc(C4CC4)nn3-c3ccccc3)n2N)cc1. The number of nitrogens with zero attached hydrogens (tertiary/aromatic N) is 5. The van der Waals surface area contributed by atoms with Crippen LogP contribution in [-0.4, -0.2) is 36.3 Å². The van der Waals surface area contributed by atoms with E-state index in [0.717, 1.165) is 35.3 Å². The maximum atomic E-state index is 12.7. The Morgan fingerprint density at radius 2 is 1.88 bits per heavy atom. The molecule has 1 aliphatic carbocycles. The minimum Gasteiger partial charge on any atom is -0.335 e. The van der Waals surface area contributed by atoms with Crippen LogP contribution in [0.25, 0.3) is 17.1 Å². The largest absolute Gasteiger partial charge is 0.335 e. The predicted octanol–water partition coefficient (Wildman–Crippen LogP) is 3.76. The van der Waals surface area contributed by atoms with E-state index in [9.17, 15) is 4.79 Å². The van der Waals surface area contributed by atoms with Crippen molar-refractivity contribution in [2.24, 2.45) is 0 Å². The number of carbonyl (C=O) groups excluding carboxylic acids is 1. The lowest BCUT2D eigenvalue weighted by Gasteiger charge is -2.09. The van der Waals surface area contributed by atoms with Gasteiger partial charge >= 0.3 is 0 Å². The fraction of sp³-hybridized carbons (Fsp3) is 0.217. The number of nitrogens with one attached hydrogen (secondary N) is 1. The van der Waals surface area contributed by atoms with Crippen molar-refractivity contribution in [3.05, 3.63) is 71.9 Å². The number of aromatic nitrogens is 5. The van der Waals surface area contributed by atoms with E-state index in [4.69, 9.17) is 10.9 Å². The number of hydrogen-bond donors (Lipinski definition) is 2. The van der Waals surface area contributed by atoms with Crippen molar-refractivity contribution in [1.82, 2.24) is 24.7 Å². The zero-order chi connectivity index (χ0) is 22.1. The van der Waals surface area contributed by atoms with E-state index >= 15 is 0 Å². The first-order valence-electron chi connectivity index (χ1n) is 10.4. The van der Waals surface area contributed by atoms with Gasteiger partial charge in [0.2, 0.25) is 11.1 Å². The molecule has 1 saturated carbocycles. The summed E-state index contributed by atoms with van der Waals surface area (Å²) in [5.74, 6) is 7.89. The van der Waals surface area contributed by atoms with E-state index in [1.165, 1.54) is 16.4 Å². The molecular formula is C23H23N7OS. The topological polar surface area (TPSA) is 104 Å². The first-order valence-corrected chi connectivity index (χ1v) is 11.4. The molecule has 0 radical (unpaired) electrons. The van der Waals surface area contributed by atoms with Crippen LogP contribution in [0.3, 0.4) is 0 Å². The van der Waals surface area contributed by atoms with Crippen LogP contribution in [0.15, 0.2) is 65.8 Å². The Balaban J connectivity index is 1.28. The number of para-hydroxylation sites is 1. The second kappa shape index (κ2) is 8.51. The smallest absolute Gasteiger partial charge is 0.236 e. The zero-order valence-corrected chi connectivity index (χ0v) is 18.4. The van der Waals surface area contributed by atoms with Gasteiger partial charge in [-0.3, -0.25) is 4.79 Å². The third-order valence-electron chi connectivity index (χ3n) is 5.30. The average Bonchev–Trinajstić information content (AvgIpc) is 3.48. The molecule has 32 heavy (non-hydrogen) atoms. The number of nitrogens with two attached hydrogens (primary N) is 1. The van der Waals surface area contributed by atoms with Crippen LogP contribution in [0.2, 0.25) is 0 Å². The van der Waals surface area contributed by atoms with E-state index < -0.39 is 0 Å². The van der Waals surface area contributed by atoms with Crippen LogP contribution < -0.4 is 11.2 Å². The number of thioether (sulfide) groups is 1. The van der Waals surface area contributed by atoms with Gasteiger partial charge in [0, 0.05) is 17.5 Å². The number of nitrogen functional groups attached to an aromatic ring is 1. The summed E-state index contributed by atoms with van der Waals surface area (Å²) in [6.07, 6.45) is 2.29. The Bertz CT molecular complexity index is 1240. The molecule has 0 unspecified atom stereocenters. The van der Waals surface area contributed by atoms with Crippen LogP contribution in [0.5, 0.6) is 0 Å². The summed E-state index contributed by atoms with van der Waals surface area (Å²) < 4.78 is 3.21. The lowest BCUT2D eigenvalue weighted by molar-refractivity contribution is -0.113. The van der Waals surface area contributed by atoms with E-state index in [1.54, 1.807) is 4.68 Å². The first-order chi connectivity index (χ1) is 15.6. The standard InChI is InChI=1S/C23H23N7OS/c1-15-7-9-17(10-8-15)22-26-27-23(29(22)24)32-14-21(31)25-20-13-19(16-11-12-16)28-30(20)18-5-3-2-4-6-18/h2-10,13,16H,11-12,14,24H2,1H3,(H,25,31). The molecule has 9 heteroatoms. The maximum Gasteiger partial charge on any atom is 0.236 e. The first kappa shape index (κ1) is 20.3. The normalized spacial score (nSPS) is 13.3. The molecule has 1 amide bonds. The van der Waals surface area contributed by atoms with E-state index in [0.29, 0.717) is 22.7 Å². The number of amides is 1. The Labute approximate surface area is 189 Å². The highest BCUT2D eigenvalue weighted by atomic mass is 32.2. The van der Waals surface area contributed by atoms with Crippen molar-refractivity contribution in [2.45, 2.75) is 30.8 Å². The second-order valence-corrected chi connectivity index (χ2v) is 8.80. The molecule has 0 bridgehead atoms. The molecule has 2 aromatic heterocycles. The summed E-state index contributed by atoms with van der Waals surface area (Å²) in [5, 5.41) is 16.5. The number of hydrogen-bond acceptors (Lipinski definition) is 6. The summed E-state index contributed by atoms with van der Waals surface area (Å²) in [6, 6.07) is 19.7. The predicted molar refractivity (Wildman–Crippen MR) is 125 cm³/mol. The fourth-order valence-corrected chi connectivity index (χ4v) is 4.07. The molecule has 4 aromatic rings. The van der Waals surface area contributed by atoms with Gasteiger partial charge in [-0.15, -0.1) is 10.2 Å². The van der Waals surface area contributed by atoms with Gasteiger partial charge in [0.05, 0.1) is 17.1 Å². The Morgan fingerprint density at radius 1 is 1.12 bits per heavy atom. The van der Waals surface area contributed by atoms with Gasteiger partial charge < -0.3 is 11.2 Å². The monoisotopic (exact) mass is 445 g/mol. The molecule has 1 aliphatic rings. The van der Waals surface area contributed by atoms with Crippen LogP contribution in [0, 0.1) is 6.92 Å². The van der Waals surface area contributed by atoms with E-state index in [-0.39, 0.29) is 11.7 Å². The van der Waals surface area contributed by atoms with Gasteiger partial charge in [-0.05, 0) is 31.9 Å². The maximum absolute atomic E-state index is 12.7. The molecule has 0 spiro atoms. The highest BCUT2D eigenvalue weighted by Gasteiger charge is 2.28. The van der Waals surface area contributed by atoms with Crippen LogP contribution in [0.4, 0.5) is 5.82 Å². The molecule has 2 aromatic carbocycles. The van der Waals surface area contributed by atoms with Gasteiger partial charge in [-0.2, -0.15) is 5.10 Å². The molecule has 3 N–H and O–H groups in total. The average molecular weight is 446 g/mol. The summed E-state index contributed by atoms with van der Waals surface area (Å²) in [5.41, 5.74) is 3.96. The number of benzene rings is 2. The highest BCUT2D eigenvalue weighted by molar-refractivity contribution is 7.99. The van der Waals surface area contributed by atoms with E-state index in [2.05, 4.69) is 15.5 Å². The van der Waals surface area contributed by atoms with Crippen LogP contribution in [0.1, 0.15) is 30.0 Å². The Kier molecular flexibility index (Phi) is 5.40. The molecule has 0 atom stereocenters. The number of carbonyl (C=O) groups is 1. The van der Waals surface area contributed by atoms with Crippen LogP contribution in [-0.2, 0) is 4.79 Å². The van der Waals surface area contributed by atoms with Crippen molar-refractivity contribution < 1.29 is 4.79 Å². The Morgan fingerprint density at radius 3 is 2.59 bits per heavy atom. The van der Waals surface area contributed by atoms with Crippen molar-refractivity contribution in [3.63, 3.8) is 0 Å². The van der Waals surface area contributed by atoms with Gasteiger partial charge in [0.15, 0.2) is 5.82 Å². The molecule has 0 saturated heterocycles. The molecule has 0 aliphatic heterocycles. The van der Waals surface area contributed by atoms with Crippen molar-refractivity contribution in [1.29, 1.82) is 0 Å². The third-order valence-corrected chi connectivity index (χ3v) is 6.24. The lowest BCUT2D eigenvalue weighted by Crippen LogP contribution is -2.18. The number of anilines is 1. The van der Waals surface area contributed by atoms with Gasteiger partial charge in [-0.25, -0.2) is 9.36 Å². The molecule has 1 fully saturated rings. The summed E-state index contributed by atoms with van der Waals surface area (Å²) in [6.45, 7) is 2.02. The quantitative estimate of drug-likeness (QED) is 0.332. The molecular weight excluding hydrogens is 422 g/mol. The lowest BCUT2D eigenvalue weighted by atomic mass is 10.1. The second-order valence-electron chi connectivity index (χ2n) is 7.86. The van der Waals surface area contributed by atoms with Crippen LogP contribution >= 0.6 is 11.8 Å². The van der Waals surface area contributed by atoms with E-state index in [1.807, 2.05) is 67.6 Å². The number of rotatable bonds is 7. The molecule has 162 valence electrons. The van der Waals surface area contributed by atoms with Crippen molar-refractivity contribution >= 4 is 23.5 Å². The summed E-state index contributed by atoms with van der Waals surface area (Å²) >= 11 is 1.24. The van der Waals surface area contributed by atoms with Crippen molar-refractivity contribution in [3.8, 4) is 17.1 Å². The molecule has 2 heterocycles. The number of aryl methyl sites for hydroxylation is 1. The van der Waals surface area contributed by atoms with Gasteiger partial charge in [-0.1, -0.05) is 59.8 Å². The van der Waals surface area contributed by atoms with Gasteiger partial charge in [0.1, 0.15) is 5.82 Å². The Hall–Kier alpha value is -3.59. The minimum atomic E-state index is -0.158. The third kappa shape index (κ3) is 4.24. The zero-order valence-electron chi connectivity index (χ0n) is 17.6. The molecule has 8 nitrogen and oxygen atoms in total. The van der Waals surface area contributed by atoms with Crippen molar-refractivity contribution in [2.75, 3.05) is 16.9 Å².